The summed E-state index contributed by atoms with van der Waals surface area (Å²) in [5.41, 5.74) is 3.33. The van der Waals surface area contributed by atoms with Gasteiger partial charge in [-0.2, -0.15) is 0 Å². The van der Waals surface area contributed by atoms with Gasteiger partial charge < -0.3 is 13.9 Å². The van der Waals surface area contributed by atoms with Crippen LogP contribution in [0, 0.1) is 0 Å². The maximum Gasteiger partial charge on any atom is 0.336 e. The van der Waals surface area contributed by atoms with E-state index in [9.17, 15) is 4.79 Å². The largest absolute Gasteiger partial charge is 0.497 e. The monoisotopic (exact) mass is 414 g/mol. The third kappa shape index (κ3) is 4.11. The number of unbranched alkanes of at least 4 members (excludes halogenated alkanes) is 1. The Morgan fingerprint density at radius 3 is 2.72 bits per heavy atom. The number of aryl methyl sites for hydroxylation is 1. The average molecular weight is 415 g/mol. The van der Waals surface area contributed by atoms with Crippen molar-refractivity contribution in [1.82, 2.24) is 0 Å². The van der Waals surface area contributed by atoms with Gasteiger partial charge in [-0.25, -0.2) is 4.79 Å². The van der Waals surface area contributed by atoms with Crippen molar-refractivity contribution in [2.45, 2.75) is 39.3 Å². The molecule has 0 radical (unpaired) electrons. The van der Waals surface area contributed by atoms with Crippen molar-refractivity contribution in [3.8, 4) is 11.5 Å². The van der Waals surface area contributed by atoms with Crippen LogP contribution in [0.1, 0.15) is 36.5 Å². The van der Waals surface area contributed by atoms with Crippen LogP contribution in [0.15, 0.2) is 45.6 Å². The van der Waals surface area contributed by atoms with Crippen LogP contribution in [0.2, 0.25) is 5.02 Å². The number of fused-ring (bicyclic) bond motifs is 3. The Balaban J connectivity index is 1.69. The Hall–Kier alpha value is -2.50. The van der Waals surface area contributed by atoms with Gasteiger partial charge in [0.25, 0.3) is 0 Å². The number of hydrogen-bond donors (Lipinski definition) is 1. The minimum Gasteiger partial charge on any atom is -0.497 e. The van der Waals surface area contributed by atoms with Crippen molar-refractivity contribution in [3.05, 3.63) is 68.5 Å². The highest BCUT2D eigenvalue weighted by atomic mass is 35.5. The van der Waals surface area contributed by atoms with Gasteiger partial charge in [0.05, 0.1) is 17.7 Å². The Labute approximate surface area is 174 Å². The maximum absolute atomic E-state index is 12.2. The van der Waals surface area contributed by atoms with Crippen LogP contribution >= 0.6 is 11.6 Å². The van der Waals surface area contributed by atoms with Crippen LogP contribution < -0.4 is 20.0 Å². The molecule has 2 heterocycles. The Kier molecular flexibility index (Phi) is 5.79. The highest BCUT2D eigenvalue weighted by molar-refractivity contribution is 6.33. The van der Waals surface area contributed by atoms with Gasteiger partial charge >= 0.3 is 5.63 Å². The van der Waals surface area contributed by atoms with E-state index in [0.29, 0.717) is 29.6 Å². The van der Waals surface area contributed by atoms with E-state index >= 15 is 0 Å². The molecule has 0 aliphatic carbocycles. The molecule has 0 spiro atoms. The van der Waals surface area contributed by atoms with Crippen LogP contribution in [0.4, 0.5) is 0 Å². The number of rotatable bonds is 6. The molecule has 4 rings (SSSR count). The van der Waals surface area contributed by atoms with E-state index in [2.05, 4.69) is 19.1 Å². The number of quaternary nitrogens is 1. The summed E-state index contributed by atoms with van der Waals surface area (Å²) in [5, 5.41) is 1.48. The summed E-state index contributed by atoms with van der Waals surface area (Å²) in [6.07, 6.45) is 2.90. The van der Waals surface area contributed by atoms with Crippen molar-refractivity contribution in [2.75, 3.05) is 13.8 Å². The average Bonchev–Trinajstić information content (AvgIpc) is 2.73. The summed E-state index contributed by atoms with van der Waals surface area (Å²) >= 11 is 6.54. The number of nitrogens with one attached hydrogen (secondary N) is 1. The fourth-order valence-electron chi connectivity index (χ4n) is 3.88. The molecule has 1 aromatic heterocycles. The molecule has 0 bridgehead atoms. The minimum absolute atomic E-state index is 0.324. The molecule has 1 unspecified atom stereocenters. The summed E-state index contributed by atoms with van der Waals surface area (Å²) in [6, 6.07) is 11.5. The molecule has 0 amide bonds. The summed E-state index contributed by atoms with van der Waals surface area (Å²) in [4.78, 5) is 13.4. The molecule has 1 atom stereocenters. The number of halogens is 1. The van der Waals surface area contributed by atoms with Gasteiger partial charge in [-0.3, -0.25) is 4.90 Å². The fourth-order valence-corrected chi connectivity index (χ4v) is 4.16. The normalized spacial score (nSPS) is 15.8. The third-order valence-electron chi connectivity index (χ3n) is 5.38. The molecule has 0 fully saturated rings. The molecule has 1 aliphatic rings. The zero-order valence-corrected chi connectivity index (χ0v) is 17.5. The summed E-state index contributed by atoms with van der Waals surface area (Å²) in [5.74, 6) is 1.47. The van der Waals surface area contributed by atoms with Gasteiger partial charge in [0.15, 0.2) is 11.3 Å². The predicted molar refractivity (Wildman–Crippen MR) is 113 cm³/mol. The first-order chi connectivity index (χ1) is 14.1. The second kappa shape index (κ2) is 8.47. The first-order valence-corrected chi connectivity index (χ1v) is 10.3. The van der Waals surface area contributed by atoms with Crippen LogP contribution in [0.25, 0.3) is 11.0 Å². The number of ether oxygens (including phenoxy) is 2. The summed E-state index contributed by atoms with van der Waals surface area (Å²) < 4.78 is 16.9. The van der Waals surface area contributed by atoms with Crippen LogP contribution in [-0.4, -0.2) is 13.8 Å². The Bertz CT molecular complexity index is 1070. The molecule has 29 heavy (non-hydrogen) atoms. The van der Waals surface area contributed by atoms with E-state index in [1.165, 1.54) is 10.5 Å². The molecule has 6 heteroatoms. The SMILES string of the molecule is CCCCc1cc(=O)oc2c3c(c(Cl)cc12)OC[NH+](Cc1ccc(OC)cc1)C3. The highest BCUT2D eigenvalue weighted by Gasteiger charge is 2.27. The molecule has 1 aliphatic heterocycles. The van der Waals surface area contributed by atoms with E-state index in [1.54, 1.807) is 13.2 Å². The second-order valence-corrected chi connectivity index (χ2v) is 7.88. The number of hydrogen-bond acceptors (Lipinski definition) is 4. The first kappa shape index (κ1) is 19.8. The van der Waals surface area contributed by atoms with Gasteiger partial charge in [-0.05, 0) is 48.7 Å². The topological polar surface area (TPSA) is 53.1 Å². The quantitative estimate of drug-likeness (QED) is 0.624. The highest BCUT2D eigenvalue weighted by Crippen LogP contribution is 2.37. The first-order valence-electron chi connectivity index (χ1n) is 9.96. The van der Waals surface area contributed by atoms with Crippen LogP contribution in [0.3, 0.4) is 0 Å². The van der Waals surface area contributed by atoms with Crippen LogP contribution in [0.5, 0.6) is 11.5 Å². The molecule has 5 nitrogen and oxygen atoms in total. The second-order valence-electron chi connectivity index (χ2n) is 7.48. The molecular weight excluding hydrogens is 390 g/mol. The van der Waals surface area contributed by atoms with E-state index < -0.39 is 0 Å². The lowest BCUT2D eigenvalue weighted by atomic mass is 10.0. The lowest BCUT2D eigenvalue weighted by Gasteiger charge is -2.27. The Morgan fingerprint density at radius 1 is 1.21 bits per heavy atom. The molecule has 152 valence electrons. The minimum atomic E-state index is -0.324. The third-order valence-corrected chi connectivity index (χ3v) is 5.66. The van der Waals surface area contributed by atoms with Crippen molar-refractivity contribution in [1.29, 1.82) is 0 Å². The zero-order valence-electron chi connectivity index (χ0n) is 16.7. The number of methoxy groups -OCH3 is 1. The molecule has 3 aromatic rings. The van der Waals surface area contributed by atoms with Gasteiger partial charge in [0.2, 0.25) is 6.73 Å². The van der Waals surface area contributed by atoms with Crippen molar-refractivity contribution in [3.63, 3.8) is 0 Å². The van der Waals surface area contributed by atoms with E-state index in [1.807, 2.05) is 18.2 Å². The van der Waals surface area contributed by atoms with Gasteiger partial charge in [-0.15, -0.1) is 0 Å². The van der Waals surface area contributed by atoms with Crippen molar-refractivity contribution in [2.24, 2.45) is 0 Å². The summed E-state index contributed by atoms with van der Waals surface area (Å²) in [6.45, 7) is 4.11. The standard InChI is InChI=1S/C23H24ClNO4/c1-3-4-5-16-10-21(26)29-22-18(16)11-20(24)23-19(22)13-25(14-28-23)12-15-6-8-17(27-2)9-7-15/h6-11H,3-5,12-14H2,1-2H3/p+1. The van der Waals surface area contributed by atoms with E-state index in [-0.39, 0.29) is 5.63 Å². The lowest BCUT2D eigenvalue weighted by Crippen LogP contribution is -3.10. The lowest BCUT2D eigenvalue weighted by molar-refractivity contribution is -0.945. The fraction of sp³-hybridized carbons (Fsp3) is 0.348. The van der Waals surface area contributed by atoms with Gasteiger partial charge in [-0.1, -0.05) is 24.9 Å². The van der Waals surface area contributed by atoms with Crippen molar-refractivity contribution < 1.29 is 18.8 Å². The summed E-state index contributed by atoms with van der Waals surface area (Å²) in [7, 11) is 1.66. The van der Waals surface area contributed by atoms with Gasteiger partial charge in [0.1, 0.15) is 18.8 Å². The predicted octanol–water partition coefficient (Wildman–Crippen LogP) is 3.73. The zero-order chi connectivity index (χ0) is 20.4. The Morgan fingerprint density at radius 2 is 2.00 bits per heavy atom. The van der Waals surface area contributed by atoms with Gasteiger partial charge in [0, 0.05) is 17.0 Å². The van der Waals surface area contributed by atoms with E-state index in [0.717, 1.165) is 48.1 Å². The molecule has 2 aromatic carbocycles. The maximum atomic E-state index is 12.2. The molecular formula is C23H25ClNO4+. The van der Waals surface area contributed by atoms with Crippen molar-refractivity contribution >= 4 is 22.6 Å². The van der Waals surface area contributed by atoms with Crippen LogP contribution in [-0.2, 0) is 19.5 Å². The molecule has 0 saturated carbocycles. The number of benzene rings is 2. The van der Waals surface area contributed by atoms with E-state index in [4.69, 9.17) is 25.5 Å². The smallest absolute Gasteiger partial charge is 0.336 e. The molecule has 0 saturated heterocycles. The molecule has 1 N–H and O–H groups in total.